The first kappa shape index (κ1) is 42.3. The second kappa shape index (κ2) is 18.0. The highest BCUT2D eigenvalue weighted by Gasteiger charge is 2.36. The maximum absolute atomic E-state index is 12.8. The molecule has 4 N–H and O–H groups in total. The number of hydrogen-bond acceptors (Lipinski definition) is 14. The lowest BCUT2D eigenvalue weighted by molar-refractivity contribution is -0.114. The van der Waals surface area contributed by atoms with Crippen molar-refractivity contribution in [2.75, 3.05) is 9.80 Å². The van der Waals surface area contributed by atoms with Gasteiger partial charge in [-0.1, -0.05) is 84.4 Å². The number of H-pyrrole nitrogens is 2. The van der Waals surface area contributed by atoms with E-state index in [1.807, 2.05) is 12.1 Å². The molecule has 64 heavy (non-hydrogen) atoms. The van der Waals surface area contributed by atoms with Gasteiger partial charge in [0.05, 0.1) is 43.4 Å². The van der Waals surface area contributed by atoms with E-state index in [9.17, 15) is 18.0 Å². The zero-order chi connectivity index (χ0) is 44.4. The van der Waals surface area contributed by atoms with Gasteiger partial charge in [0.15, 0.2) is 20.6 Å². The summed E-state index contributed by atoms with van der Waals surface area (Å²) in [7, 11) is -3.61. The number of nitrogens with one attached hydrogen (secondary N) is 4. The number of rotatable bonds is 9. The van der Waals surface area contributed by atoms with Crippen LogP contribution in [0.5, 0.6) is 0 Å². The van der Waals surface area contributed by atoms with E-state index in [2.05, 4.69) is 73.7 Å². The van der Waals surface area contributed by atoms with E-state index in [0.717, 1.165) is 51.5 Å². The molecule has 2 aliphatic rings. The number of benzene rings is 4. The highest BCUT2D eigenvalue weighted by Crippen LogP contribution is 2.39. The lowest BCUT2D eigenvalue weighted by Crippen LogP contribution is -2.27. The fourth-order valence-electron chi connectivity index (χ4n) is 6.64. The molecule has 0 atom stereocenters. The van der Waals surface area contributed by atoms with Crippen LogP contribution in [0.1, 0.15) is 16.7 Å². The maximum atomic E-state index is 12.8. The summed E-state index contributed by atoms with van der Waals surface area (Å²) in [5.41, 5.74) is 8.14. The molecule has 14 nitrogen and oxygen atoms in total. The van der Waals surface area contributed by atoms with Crippen LogP contribution < -0.4 is 9.80 Å². The van der Waals surface area contributed by atoms with E-state index in [1.54, 1.807) is 102 Å². The molecular weight excluding hydrogens is 905 g/mol. The quantitative estimate of drug-likeness (QED) is 0.101. The van der Waals surface area contributed by atoms with Crippen molar-refractivity contribution in [2.45, 2.75) is 16.7 Å². The second-order valence-corrected chi connectivity index (χ2v) is 19.7. The number of aryl methyl sites for hydroxylation is 1. The Morgan fingerprint density at radius 2 is 1.00 bits per heavy atom. The predicted molar refractivity (Wildman–Crippen MR) is 256 cm³/mol. The van der Waals surface area contributed by atoms with E-state index < -0.39 is 9.84 Å². The van der Waals surface area contributed by atoms with Gasteiger partial charge in [-0.15, -0.1) is 22.7 Å². The van der Waals surface area contributed by atoms with Crippen molar-refractivity contribution >= 4 is 101 Å². The molecule has 19 heteroatoms. The normalized spacial score (nSPS) is 15.4. The molecular formula is C45H32N10O4S5. The minimum absolute atomic E-state index is 0.0849. The third-order valence-corrected chi connectivity index (χ3v) is 14.9. The Morgan fingerprint density at radius 1 is 0.578 bits per heavy atom. The van der Waals surface area contributed by atoms with Crippen LogP contribution in [0.3, 0.4) is 0 Å². The predicted octanol–water partition coefficient (Wildman–Crippen LogP) is 9.99. The average molecular weight is 937 g/mol. The number of anilines is 2. The fraction of sp³-hybridized carbons (Fsp3) is 0.0222. The summed E-state index contributed by atoms with van der Waals surface area (Å²) in [5, 5.41) is 35.3. The van der Waals surface area contributed by atoms with Crippen LogP contribution in [0.4, 0.5) is 10.3 Å². The summed E-state index contributed by atoms with van der Waals surface area (Å²) in [6.45, 7) is 2.08. The van der Waals surface area contributed by atoms with Gasteiger partial charge in [-0.25, -0.2) is 28.2 Å². The summed E-state index contributed by atoms with van der Waals surface area (Å²) in [6.07, 6.45) is 9.94. The van der Waals surface area contributed by atoms with Gasteiger partial charge in [-0.05, 0) is 78.0 Å². The van der Waals surface area contributed by atoms with Gasteiger partial charge in [-0.3, -0.25) is 30.6 Å². The number of thioether (sulfide) groups is 2. The Labute approximate surface area is 382 Å². The number of hydrogen-bond donors (Lipinski definition) is 4. The zero-order valence-electron chi connectivity index (χ0n) is 33.3. The number of aromatic amines is 2. The number of aromatic nitrogens is 6. The summed E-state index contributed by atoms with van der Waals surface area (Å²) in [6, 6.07) is 31.4. The molecule has 2 amide bonds. The van der Waals surface area contributed by atoms with E-state index in [0.29, 0.717) is 36.9 Å². The molecule has 0 aliphatic carbocycles. The molecule has 8 aromatic rings. The topological polar surface area (TPSA) is 206 Å². The van der Waals surface area contributed by atoms with Crippen LogP contribution in [-0.4, -0.2) is 60.9 Å². The number of amidine groups is 2. The molecule has 4 aromatic heterocycles. The number of amides is 2. The van der Waals surface area contributed by atoms with Gasteiger partial charge >= 0.3 is 0 Å². The van der Waals surface area contributed by atoms with E-state index >= 15 is 0 Å². The molecule has 10 rings (SSSR count). The third kappa shape index (κ3) is 8.53. The lowest BCUT2D eigenvalue weighted by Gasteiger charge is -2.09. The van der Waals surface area contributed by atoms with Crippen LogP contribution in [-0.2, 0) is 19.4 Å². The van der Waals surface area contributed by atoms with Gasteiger partial charge < -0.3 is 0 Å². The Bertz CT molecular complexity index is 3200. The van der Waals surface area contributed by atoms with Gasteiger partial charge in [0.1, 0.15) is 0 Å². The molecule has 0 bridgehead atoms. The number of carbonyl (C=O) groups is 2. The molecule has 2 fully saturated rings. The van der Waals surface area contributed by atoms with Gasteiger partial charge in [0.2, 0.25) is 9.84 Å². The van der Waals surface area contributed by atoms with Crippen LogP contribution >= 0.6 is 46.2 Å². The van der Waals surface area contributed by atoms with Crippen molar-refractivity contribution in [2.24, 2.45) is 0 Å². The maximum Gasteiger partial charge on any atom is 0.273 e. The minimum atomic E-state index is -3.61. The number of nitrogens with zero attached hydrogens (tertiary/aromatic N) is 6. The number of carbonyl (C=O) groups excluding carboxylic acids is 2. The minimum Gasteiger partial charge on any atom is -0.278 e. The van der Waals surface area contributed by atoms with Gasteiger partial charge in [-0.2, -0.15) is 10.2 Å². The van der Waals surface area contributed by atoms with Gasteiger partial charge in [0.25, 0.3) is 11.8 Å². The van der Waals surface area contributed by atoms with Crippen molar-refractivity contribution in [3.8, 4) is 33.6 Å². The van der Waals surface area contributed by atoms with Crippen LogP contribution in [0.15, 0.2) is 158 Å². The Morgan fingerprint density at radius 3 is 1.45 bits per heavy atom. The molecule has 316 valence electrons. The second-order valence-electron chi connectivity index (χ2n) is 13.9. The van der Waals surface area contributed by atoms with Crippen molar-refractivity contribution in [3.05, 3.63) is 165 Å². The molecule has 2 aliphatic heterocycles. The molecule has 0 spiro atoms. The summed E-state index contributed by atoms with van der Waals surface area (Å²) in [4.78, 5) is 37.8. The average Bonchev–Trinajstić information content (AvgIpc) is 4.19. The lowest BCUT2D eigenvalue weighted by atomic mass is 10.0. The largest absolute Gasteiger partial charge is 0.278 e. The Hall–Kier alpha value is -7.03. The van der Waals surface area contributed by atoms with E-state index in [-0.39, 0.29) is 31.9 Å². The highest BCUT2D eigenvalue weighted by molar-refractivity contribution is 8.19. The monoisotopic (exact) mass is 936 g/mol. The van der Waals surface area contributed by atoms with Crippen LogP contribution in [0, 0.1) is 17.7 Å². The molecule has 6 heterocycles. The van der Waals surface area contributed by atoms with Crippen molar-refractivity contribution in [1.29, 1.82) is 10.8 Å². The molecule has 4 aromatic carbocycles. The number of sulfone groups is 1. The van der Waals surface area contributed by atoms with Crippen LogP contribution in [0.25, 0.3) is 45.8 Å². The van der Waals surface area contributed by atoms with Crippen LogP contribution in [0.2, 0.25) is 0 Å². The Balaban J connectivity index is 0.000000162. The van der Waals surface area contributed by atoms with E-state index in [4.69, 9.17) is 10.8 Å². The standard InChI is InChI=1S/C23H17N5OS2.C22H15N5O3S3/c1-14-2-4-15(5-3-14)16-6-8-17(9-7-16)20-18(13-26-27-20)12-19-21(29)28(22(24)31-19)23-25-10-11-30-23;23-21-27(22-24-10-11-31-22)20(28)18(32-21)12-15-13-25-26-19(15)14-6-8-17(9-7-14)33(29,30)16-4-2-1-3-5-16/h2-13,24H,1H3,(H,26,27);1-13,23H,(H,25,26)/b19-12-,24-22?;18-12-,23-21?. The van der Waals surface area contributed by atoms with Crippen molar-refractivity contribution in [3.63, 3.8) is 0 Å². The summed E-state index contributed by atoms with van der Waals surface area (Å²) < 4.78 is 25.6. The number of thiazole rings is 2. The van der Waals surface area contributed by atoms with Crippen molar-refractivity contribution < 1.29 is 18.0 Å². The fourth-order valence-corrected chi connectivity index (χ4v) is 11.0. The van der Waals surface area contributed by atoms with E-state index in [1.165, 1.54) is 38.0 Å². The van der Waals surface area contributed by atoms with Crippen molar-refractivity contribution in [1.82, 2.24) is 30.4 Å². The third-order valence-electron chi connectivity index (χ3n) is 9.84. The molecule has 0 radical (unpaired) electrons. The molecule has 0 unspecified atom stereocenters. The molecule has 2 saturated heterocycles. The first-order valence-electron chi connectivity index (χ1n) is 19.1. The van der Waals surface area contributed by atoms with Gasteiger partial charge in [0, 0.05) is 45.4 Å². The summed E-state index contributed by atoms with van der Waals surface area (Å²) >= 11 is 4.80. The molecule has 0 saturated carbocycles. The smallest absolute Gasteiger partial charge is 0.273 e. The Kier molecular flexibility index (Phi) is 11.9. The first-order chi connectivity index (χ1) is 31.0. The first-order valence-corrected chi connectivity index (χ1v) is 24.0. The SMILES string of the molecule is Cc1ccc(-c2ccc(-c3[nH]ncc3/C=C3\SC(=N)N(c4nccs4)C3=O)cc2)cc1.N=C1S/C(=C\c2cn[nH]c2-c2ccc(S(=O)(=O)c3ccccc3)cc2)C(=O)N1c1nccs1. The highest BCUT2D eigenvalue weighted by atomic mass is 32.2. The summed E-state index contributed by atoms with van der Waals surface area (Å²) in [5.74, 6) is -0.566. The zero-order valence-corrected chi connectivity index (χ0v) is 37.4.